The molecule has 0 aliphatic heterocycles. The van der Waals surface area contributed by atoms with Crippen molar-refractivity contribution in [2.24, 2.45) is 0 Å². The minimum Gasteiger partial charge on any atom is -0.493 e. The van der Waals surface area contributed by atoms with Crippen molar-refractivity contribution in [2.75, 3.05) is 33.3 Å². The van der Waals surface area contributed by atoms with Gasteiger partial charge in [-0.25, -0.2) is 4.79 Å². The van der Waals surface area contributed by atoms with Gasteiger partial charge in [-0.3, -0.25) is 4.79 Å². The summed E-state index contributed by atoms with van der Waals surface area (Å²) in [5.41, 5.74) is 2.73. The molecule has 0 radical (unpaired) electrons. The van der Waals surface area contributed by atoms with Gasteiger partial charge in [0.15, 0.2) is 18.1 Å². The van der Waals surface area contributed by atoms with Crippen molar-refractivity contribution in [3.63, 3.8) is 0 Å². The summed E-state index contributed by atoms with van der Waals surface area (Å²) >= 11 is 0. The number of carbonyl (C=O) groups excluding carboxylic acids is 2. The molecule has 2 aromatic rings. The summed E-state index contributed by atoms with van der Waals surface area (Å²) in [7, 11) is 4.18. The lowest BCUT2D eigenvalue weighted by atomic mass is 9.98. The Morgan fingerprint density at radius 3 is 2.21 bits per heavy atom. The number of hydrogen-bond donors (Lipinski definition) is 1. The molecule has 0 unspecified atom stereocenters. The first-order chi connectivity index (χ1) is 13.8. The number of methoxy groups -OCH3 is 3. The number of rotatable bonds is 8. The second kappa shape index (κ2) is 9.82. The molecule has 0 aliphatic carbocycles. The highest BCUT2D eigenvalue weighted by atomic mass is 16.5. The molecule has 0 bridgehead atoms. The molecule has 0 fully saturated rings. The predicted molar refractivity (Wildman–Crippen MR) is 110 cm³/mol. The van der Waals surface area contributed by atoms with E-state index in [1.165, 1.54) is 39.0 Å². The second-order valence-corrected chi connectivity index (χ2v) is 6.75. The van der Waals surface area contributed by atoms with Crippen molar-refractivity contribution in [2.45, 2.75) is 26.7 Å². The number of ether oxygens (including phenoxy) is 4. The number of esters is 1. The van der Waals surface area contributed by atoms with Gasteiger partial charge in [0, 0.05) is 12.1 Å². The zero-order valence-electron chi connectivity index (χ0n) is 17.6. The molecule has 1 N–H and O–H groups in total. The highest BCUT2D eigenvalue weighted by molar-refractivity contribution is 6.02. The van der Waals surface area contributed by atoms with Crippen LogP contribution in [0, 0.1) is 6.92 Å². The van der Waals surface area contributed by atoms with Gasteiger partial charge in [0.25, 0.3) is 5.91 Å². The van der Waals surface area contributed by atoms with Crippen molar-refractivity contribution in [3.8, 4) is 17.2 Å². The van der Waals surface area contributed by atoms with E-state index in [0.29, 0.717) is 23.2 Å². The Morgan fingerprint density at radius 2 is 1.66 bits per heavy atom. The molecule has 0 spiro atoms. The molecule has 0 aromatic heterocycles. The van der Waals surface area contributed by atoms with Gasteiger partial charge >= 0.3 is 5.97 Å². The van der Waals surface area contributed by atoms with Gasteiger partial charge in [0.2, 0.25) is 0 Å². The summed E-state index contributed by atoms with van der Waals surface area (Å²) in [4.78, 5) is 24.5. The largest absolute Gasteiger partial charge is 0.493 e. The van der Waals surface area contributed by atoms with E-state index >= 15 is 0 Å². The van der Waals surface area contributed by atoms with Gasteiger partial charge in [0.1, 0.15) is 5.75 Å². The van der Waals surface area contributed by atoms with Crippen molar-refractivity contribution in [3.05, 3.63) is 47.0 Å². The first kappa shape index (κ1) is 22.1. The van der Waals surface area contributed by atoms with Crippen LogP contribution >= 0.6 is 0 Å². The van der Waals surface area contributed by atoms with Crippen molar-refractivity contribution >= 4 is 17.6 Å². The lowest BCUT2D eigenvalue weighted by Crippen LogP contribution is -2.22. The van der Waals surface area contributed by atoms with Crippen LogP contribution in [-0.4, -0.2) is 39.8 Å². The molecule has 156 valence electrons. The van der Waals surface area contributed by atoms with Crippen LogP contribution in [0.3, 0.4) is 0 Å². The SMILES string of the molecule is COC(=O)c1cc(OC)c(OC)cc1NC(=O)COc1ccc(C(C)C)c(C)c1. The van der Waals surface area contributed by atoms with Crippen LogP contribution in [0.2, 0.25) is 0 Å². The Balaban J connectivity index is 2.15. The molecule has 2 aromatic carbocycles. The maximum atomic E-state index is 12.4. The summed E-state index contributed by atoms with van der Waals surface area (Å²) in [6.45, 7) is 6.04. The summed E-state index contributed by atoms with van der Waals surface area (Å²) in [5.74, 6) is 0.700. The maximum absolute atomic E-state index is 12.4. The van der Waals surface area contributed by atoms with Crippen LogP contribution in [0.4, 0.5) is 5.69 Å². The van der Waals surface area contributed by atoms with Crippen LogP contribution < -0.4 is 19.5 Å². The quantitative estimate of drug-likeness (QED) is 0.675. The van der Waals surface area contributed by atoms with Gasteiger partial charge in [-0.05, 0) is 36.1 Å². The van der Waals surface area contributed by atoms with E-state index < -0.39 is 11.9 Å². The zero-order valence-corrected chi connectivity index (χ0v) is 17.6. The van der Waals surface area contributed by atoms with Crippen molar-refractivity contribution in [1.82, 2.24) is 0 Å². The average molecular weight is 401 g/mol. The smallest absolute Gasteiger partial charge is 0.340 e. The van der Waals surface area contributed by atoms with E-state index in [9.17, 15) is 9.59 Å². The highest BCUT2D eigenvalue weighted by Gasteiger charge is 2.19. The minimum absolute atomic E-state index is 0.149. The number of carbonyl (C=O) groups is 2. The molecule has 0 aliphatic rings. The second-order valence-electron chi connectivity index (χ2n) is 6.75. The van der Waals surface area contributed by atoms with E-state index in [-0.39, 0.29) is 17.9 Å². The number of anilines is 1. The van der Waals surface area contributed by atoms with Gasteiger partial charge in [-0.15, -0.1) is 0 Å². The minimum atomic E-state index is -0.609. The zero-order chi connectivity index (χ0) is 21.6. The topological polar surface area (TPSA) is 83.1 Å². The maximum Gasteiger partial charge on any atom is 0.340 e. The van der Waals surface area contributed by atoms with Crippen molar-refractivity contribution in [1.29, 1.82) is 0 Å². The summed E-state index contributed by atoms with van der Waals surface area (Å²) in [6, 6.07) is 8.70. The molecule has 0 heterocycles. The van der Waals surface area contributed by atoms with Crippen LogP contribution in [0.1, 0.15) is 41.3 Å². The highest BCUT2D eigenvalue weighted by Crippen LogP contribution is 2.33. The predicted octanol–water partition coefficient (Wildman–Crippen LogP) is 3.94. The Hall–Kier alpha value is -3.22. The molecule has 7 heteroatoms. The molecule has 0 saturated carbocycles. The fourth-order valence-electron chi connectivity index (χ4n) is 2.98. The normalized spacial score (nSPS) is 10.4. The van der Waals surface area contributed by atoms with E-state index in [4.69, 9.17) is 18.9 Å². The third-order valence-corrected chi connectivity index (χ3v) is 4.44. The molecule has 2 rings (SSSR count). The van der Waals surface area contributed by atoms with Gasteiger partial charge < -0.3 is 24.3 Å². The number of benzene rings is 2. The number of aryl methyl sites for hydroxylation is 1. The third kappa shape index (κ3) is 5.40. The molecule has 29 heavy (non-hydrogen) atoms. The molecular weight excluding hydrogens is 374 g/mol. The standard InChI is InChI=1S/C22H27NO6/c1-13(2)16-8-7-15(9-14(16)3)29-12-21(24)23-18-11-20(27-5)19(26-4)10-17(18)22(25)28-6/h7-11,13H,12H2,1-6H3,(H,23,24). The Morgan fingerprint density at radius 1 is 1.00 bits per heavy atom. The van der Waals surface area contributed by atoms with E-state index in [2.05, 4.69) is 19.2 Å². The molecule has 0 atom stereocenters. The van der Waals surface area contributed by atoms with Crippen LogP contribution in [0.15, 0.2) is 30.3 Å². The van der Waals surface area contributed by atoms with Crippen LogP contribution in [0.5, 0.6) is 17.2 Å². The number of amides is 1. The molecule has 7 nitrogen and oxygen atoms in total. The summed E-state index contributed by atoms with van der Waals surface area (Å²) < 4.78 is 20.8. The van der Waals surface area contributed by atoms with E-state index in [0.717, 1.165) is 5.56 Å². The Bertz CT molecular complexity index is 891. The first-order valence-corrected chi connectivity index (χ1v) is 9.18. The van der Waals surface area contributed by atoms with Crippen LogP contribution in [-0.2, 0) is 9.53 Å². The Kier molecular flexibility index (Phi) is 7.47. The summed E-state index contributed by atoms with van der Waals surface area (Å²) in [5, 5.41) is 2.67. The fourth-order valence-corrected chi connectivity index (χ4v) is 2.98. The van der Waals surface area contributed by atoms with Gasteiger partial charge in [-0.1, -0.05) is 19.9 Å². The third-order valence-electron chi connectivity index (χ3n) is 4.44. The lowest BCUT2D eigenvalue weighted by Gasteiger charge is -2.15. The molecule has 0 saturated heterocycles. The fraction of sp³-hybridized carbons (Fsp3) is 0.364. The monoisotopic (exact) mass is 401 g/mol. The first-order valence-electron chi connectivity index (χ1n) is 9.18. The number of nitrogens with one attached hydrogen (secondary N) is 1. The van der Waals surface area contributed by atoms with Crippen LogP contribution in [0.25, 0.3) is 0 Å². The molecule has 1 amide bonds. The van der Waals surface area contributed by atoms with E-state index in [1.54, 1.807) is 0 Å². The average Bonchev–Trinajstić information content (AvgIpc) is 2.71. The number of hydrogen-bond acceptors (Lipinski definition) is 6. The van der Waals surface area contributed by atoms with Gasteiger partial charge in [0.05, 0.1) is 32.6 Å². The molecular formula is C22H27NO6. The van der Waals surface area contributed by atoms with Crippen molar-refractivity contribution < 1.29 is 28.5 Å². The lowest BCUT2D eigenvalue weighted by molar-refractivity contribution is -0.118. The summed E-state index contributed by atoms with van der Waals surface area (Å²) in [6.07, 6.45) is 0. The van der Waals surface area contributed by atoms with E-state index in [1.807, 2.05) is 25.1 Å². The Labute approximate surface area is 170 Å². The van der Waals surface area contributed by atoms with Gasteiger partial charge in [-0.2, -0.15) is 0 Å².